The number of aliphatic hydroxyl groups is 1. The highest BCUT2D eigenvalue weighted by Crippen LogP contribution is 2.22. The van der Waals surface area contributed by atoms with Crippen LogP contribution in [0.15, 0.2) is 0 Å². The van der Waals surface area contributed by atoms with E-state index in [0.29, 0.717) is 12.8 Å². The zero-order valence-corrected chi connectivity index (χ0v) is 24.6. The van der Waals surface area contributed by atoms with Crippen molar-refractivity contribution in [3.63, 3.8) is 0 Å². The number of nitrogens with one attached hydrogen (secondary N) is 4. The predicted octanol–water partition coefficient (Wildman–Crippen LogP) is -2.48. The van der Waals surface area contributed by atoms with Crippen molar-refractivity contribution in [2.75, 3.05) is 13.2 Å². The Morgan fingerprint density at radius 1 is 0.881 bits per heavy atom. The number of hydrogen-bond donors (Lipinski definition) is 8. The second-order valence-electron chi connectivity index (χ2n) is 10.8. The van der Waals surface area contributed by atoms with Gasteiger partial charge in [-0.15, -0.1) is 0 Å². The van der Waals surface area contributed by atoms with E-state index < -0.39 is 96.7 Å². The summed E-state index contributed by atoms with van der Waals surface area (Å²) in [6.45, 7) is 7.41. The SMILES string of the molecule is CC[C@H](C)[C@H](NC(=O)[C@H](C)NC(=O)[C@@H](N)CC(=O)O)C(=O)N1CCC[C@H]1C(=O)N[C@@H](CO)C(=O)N[C@H](C(=O)O)C(C)C. The van der Waals surface area contributed by atoms with Crippen LogP contribution in [0.5, 0.6) is 0 Å². The lowest BCUT2D eigenvalue weighted by molar-refractivity contribution is -0.145. The number of likely N-dealkylation sites (tertiary alicyclic amines) is 1. The summed E-state index contributed by atoms with van der Waals surface area (Å²) < 4.78 is 0. The molecule has 0 aromatic heterocycles. The van der Waals surface area contributed by atoms with Gasteiger partial charge < -0.3 is 47.2 Å². The Morgan fingerprint density at radius 3 is 1.98 bits per heavy atom. The number of carboxylic acids is 2. The number of carbonyl (C=O) groups is 7. The Labute approximate surface area is 244 Å². The summed E-state index contributed by atoms with van der Waals surface area (Å²) in [4.78, 5) is 87.9. The molecule has 238 valence electrons. The Kier molecular flexibility index (Phi) is 14.3. The molecule has 16 nitrogen and oxygen atoms in total. The zero-order valence-electron chi connectivity index (χ0n) is 24.6. The van der Waals surface area contributed by atoms with Crippen LogP contribution in [0.1, 0.15) is 60.3 Å². The van der Waals surface area contributed by atoms with Crippen LogP contribution >= 0.6 is 0 Å². The van der Waals surface area contributed by atoms with Gasteiger partial charge in [-0.3, -0.25) is 28.8 Å². The van der Waals surface area contributed by atoms with Crippen LogP contribution < -0.4 is 27.0 Å². The van der Waals surface area contributed by atoms with Crippen LogP contribution in [0.4, 0.5) is 0 Å². The first kappa shape index (κ1) is 36.2. The third-order valence-electron chi connectivity index (χ3n) is 7.14. The van der Waals surface area contributed by atoms with Gasteiger partial charge in [0.15, 0.2) is 0 Å². The van der Waals surface area contributed by atoms with Crippen molar-refractivity contribution in [3.05, 3.63) is 0 Å². The van der Waals surface area contributed by atoms with Crippen LogP contribution in [0.2, 0.25) is 0 Å². The van der Waals surface area contributed by atoms with E-state index in [0.717, 1.165) is 0 Å². The molecule has 0 spiro atoms. The summed E-state index contributed by atoms with van der Waals surface area (Å²) in [5.41, 5.74) is 5.54. The van der Waals surface area contributed by atoms with Gasteiger partial charge in [-0.1, -0.05) is 34.1 Å². The third-order valence-corrected chi connectivity index (χ3v) is 7.14. The molecule has 9 N–H and O–H groups in total. The minimum atomic E-state index is -1.46. The van der Waals surface area contributed by atoms with Gasteiger partial charge in [-0.2, -0.15) is 0 Å². The van der Waals surface area contributed by atoms with Crippen molar-refractivity contribution in [2.24, 2.45) is 17.6 Å². The van der Waals surface area contributed by atoms with Crippen molar-refractivity contribution < 1.29 is 48.9 Å². The Balaban J connectivity index is 2.99. The summed E-state index contributed by atoms with van der Waals surface area (Å²) in [5.74, 6) is -7.17. The maximum atomic E-state index is 13.6. The second kappa shape index (κ2) is 16.6. The highest BCUT2D eigenvalue weighted by molar-refractivity contribution is 5.97. The van der Waals surface area contributed by atoms with Gasteiger partial charge >= 0.3 is 11.9 Å². The molecule has 1 rings (SSSR count). The van der Waals surface area contributed by atoms with Crippen molar-refractivity contribution >= 4 is 41.5 Å². The van der Waals surface area contributed by atoms with Crippen molar-refractivity contribution in [1.82, 2.24) is 26.2 Å². The van der Waals surface area contributed by atoms with Gasteiger partial charge in [-0.25, -0.2) is 4.79 Å². The molecule has 1 aliphatic heterocycles. The molecule has 5 amide bonds. The first-order valence-corrected chi connectivity index (χ1v) is 13.9. The number of hydrogen-bond acceptors (Lipinski definition) is 9. The van der Waals surface area contributed by atoms with Crippen LogP contribution in [0, 0.1) is 11.8 Å². The maximum absolute atomic E-state index is 13.6. The summed E-state index contributed by atoms with van der Waals surface area (Å²) in [6.07, 6.45) is 0.529. The van der Waals surface area contributed by atoms with Crippen molar-refractivity contribution in [1.29, 1.82) is 0 Å². The summed E-state index contributed by atoms with van der Waals surface area (Å²) in [7, 11) is 0. The molecule has 0 aromatic rings. The normalized spacial score (nSPS) is 19.0. The minimum Gasteiger partial charge on any atom is -0.481 e. The zero-order chi connectivity index (χ0) is 32.3. The number of amides is 5. The van der Waals surface area contributed by atoms with Crippen LogP contribution in [0.25, 0.3) is 0 Å². The van der Waals surface area contributed by atoms with E-state index in [1.807, 2.05) is 0 Å². The summed E-state index contributed by atoms with van der Waals surface area (Å²) >= 11 is 0. The van der Waals surface area contributed by atoms with Gasteiger partial charge in [0.1, 0.15) is 30.2 Å². The number of carbonyl (C=O) groups excluding carboxylic acids is 5. The molecule has 0 bridgehead atoms. The monoisotopic (exact) mass is 600 g/mol. The van der Waals surface area contributed by atoms with E-state index >= 15 is 0 Å². The fraction of sp³-hybridized carbons (Fsp3) is 0.731. The van der Waals surface area contributed by atoms with E-state index in [2.05, 4.69) is 21.3 Å². The highest BCUT2D eigenvalue weighted by atomic mass is 16.4. The van der Waals surface area contributed by atoms with E-state index in [1.54, 1.807) is 27.7 Å². The topological polar surface area (TPSA) is 258 Å². The molecule has 1 aliphatic rings. The Hall–Kier alpha value is -3.79. The molecule has 0 unspecified atom stereocenters. The first-order chi connectivity index (χ1) is 19.5. The van der Waals surface area contributed by atoms with Gasteiger partial charge in [0.05, 0.1) is 19.1 Å². The van der Waals surface area contributed by atoms with E-state index in [-0.39, 0.29) is 18.9 Å². The van der Waals surface area contributed by atoms with E-state index in [9.17, 15) is 43.8 Å². The first-order valence-electron chi connectivity index (χ1n) is 13.9. The highest BCUT2D eigenvalue weighted by Gasteiger charge is 2.41. The molecule has 42 heavy (non-hydrogen) atoms. The van der Waals surface area contributed by atoms with E-state index in [4.69, 9.17) is 10.8 Å². The Morgan fingerprint density at radius 2 is 1.48 bits per heavy atom. The van der Waals surface area contributed by atoms with Crippen LogP contribution in [-0.2, 0) is 33.6 Å². The molecule has 0 aromatic carbocycles. The standard InChI is InChI=1S/C26H44N6O10/c1-6-13(4)20(31-21(36)14(5)28-22(37)15(27)10-18(34)35)25(40)32-9-7-8-17(32)24(39)29-16(11-33)23(38)30-19(12(2)3)26(41)42/h12-17,19-20,33H,6-11,27H2,1-5H3,(H,28,37)(H,29,39)(H,30,38)(H,31,36)(H,34,35)(H,41,42)/t13-,14-,15-,16-,17-,19-,20-/m0/s1. The molecule has 0 aliphatic carbocycles. The van der Waals surface area contributed by atoms with Gasteiger partial charge in [-0.05, 0) is 31.6 Å². The molecule has 1 heterocycles. The van der Waals surface area contributed by atoms with Gasteiger partial charge in [0.2, 0.25) is 29.5 Å². The van der Waals surface area contributed by atoms with Gasteiger partial charge in [0, 0.05) is 6.54 Å². The van der Waals surface area contributed by atoms with Crippen LogP contribution in [0.3, 0.4) is 0 Å². The lowest BCUT2D eigenvalue weighted by Gasteiger charge is -2.32. The quantitative estimate of drug-likeness (QED) is 0.0919. The average Bonchev–Trinajstić information content (AvgIpc) is 3.41. The number of aliphatic hydroxyl groups excluding tert-OH is 1. The number of nitrogens with zero attached hydrogens (tertiary/aromatic N) is 1. The summed E-state index contributed by atoms with van der Waals surface area (Å²) in [5, 5.41) is 37.5. The second-order valence-corrected chi connectivity index (χ2v) is 10.8. The van der Waals surface area contributed by atoms with Gasteiger partial charge in [0.25, 0.3) is 0 Å². The molecule has 1 saturated heterocycles. The smallest absolute Gasteiger partial charge is 0.326 e. The molecule has 0 radical (unpaired) electrons. The predicted molar refractivity (Wildman–Crippen MR) is 147 cm³/mol. The number of carboxylic acid groups (broad SMARTS) is 2. The molecular weight excluding hydrogens is 556 g/mol. The van der Waals surface area contributed by atoms with Crippen molar-refractivity contribution in [2.45, 2.75) is 96.6 Å². The fourth-order valence-electron chi connectivity index (χ4n) is 4.34. The molecular formula is C26H44N6O10. The summed E-state index contributed by atoms with van der Waals surface area (Å²) in [6, 6.07) is -7.33. The molecule has 16 heteroatoms. The Bertz CT molecular complexity index is 1020. The maximum Gasteiger partial charge on any atom is 0.326 e. The number of aliphatic carboxylic acids is 2. The van der Waals surface area contributed by atoms with E-state index in [1.165, 1.54) is 11.8 Å². The molecule has 7 atom stereocenters. The molecule has 1 fully saturated rings. The lowest BCUT2D eigenvalue weighted by Crippen LogP contribution is -2.60. The molecule has 0 saturated carbocycles. The fourth-order valence-corrected chi connectivity index (χ4v) is 4.34. The number of rotatable bonds is 16. The van der Waals surface area contributed by atoms with Crippen LogP contribution in [-0.4, -0.2) is 111 Å². The lowest BCUT2D eigenvalue weighted by atomic mass is 9.97. The van der Waals surface area contributed by atoms with Crippen molar-refractivity contribution in [3.8, 4) is 0 Å². The average molecular weight is 601 g/mol. The minimum absolute atomic E-state index is 0.181. The largest absolute Gasteiger partial charge is 0.481 e. The number of nitrogens with two attached hydrogens (primary N) is 1. The third kappa shape index (κ3) is 10.2.